The first-order chi connectivity index (χ1) is 18.2. The van der Waals surface area contributed by atoms with Gasteiger partial charge in [0.05, 0.1) is 18.3 Å². The highest BCUT2D eigenvalue weighted by Crippen LogP contribution is 2.34. The Morgan fingerprint density at radius 2 is 1.82 bits per heavy atom. The van der Waals surface area contributed by atoms with Crippen molar-refractivity contribution >= 4 is 56.4 Å². The number of carbonyl (C=O) groups is 2. The third kappa shape index (κ3) is 8.70. The third-order valence-corrected chi connectivity index (χ3v) is 7.46. The number of nitro benzene ring substituents is 1. The molecule has 1 N–H and O–H groups in total. The molecular weight excluding hydrogens is 571 g/mol. The van der Waals surface area contributed by atoms with Gasteiger partial charge in [0, 0.05) is 35.3 Å². The van der Waals surface area contributed by atoms with E-state index >= 15 is 0 Å². The van der Waals surface area contributed by atoms with Crippen LogP contribution in [-0.2, 0) is 26.2 Å². The molecule has 0 aliphatic rings. The number of amides is 2. The summed E-state index contributed by atoms with van der Waals surface area (Å²) >= 11 is 12.4. The average molecular weight is 604 g/mol. The predicted molar refractivity (Wildman–Crippen MR) is 151 cm³/mol. The van der Waals surface area contributed by atoms with E-state index in [9.17, 15) is 28.1 Å². The van der Waals surface area contributed by atoms with Crippen LogP contribution in [0.5, 0.6) is 5.75 Å². The monoisotopic (exact) mass is 602 g/mol. The maximum absolute atomic E-state index is 13.8. The second-order valence-corrected chi connectivity index (χ2v) is 12.0. The van der Waals surface area contributed by atoms with Crippen molar-refractivity contribution in [1.82, 2.24) is 10.2 Å². The summed E-state index contributed by atoms with van der Waals surface area (Å²) in [5, 5.41) is 14.8. The van der Waals surface area contributed by atoms with Crippen molar-refractivity contribution in [3.05, 3.63) is 62.1 Å². The lowest BCUT2D eigenvalue weighted by molar-refractivity contribution is -0.384. The number of halogens is 2. The number of ether oxygens (including phenoxy) is 1. The first-order valence-corrected chi connectivity index (χ1v) is 14.6. The minimum absolute atomic E-state index is 0.00726. The summed E-state index contributed by atoms with van der Waals surface area (Å²) in [5.74, 6) is -0.980. The molecule has 1 atom stereocenters. The molecule has 14 heteroatoms. The standard InChI is InChI=1S/C25H32Cl2N4O7S/c1-6-21(25(33)28-13-16(2)3)29(14-17-7-8-18(26)11-20(17)27)24(32)15-30(39(5,36)37)22-12-19(31(34)35)9-10-23(22)38-4/h7-12,16,21H,6,13-15H2,1-5H3,(H,28,33)/t21-/m0/s1. The molecular formula is C25H32Cl2N4O7S. The molecule has 0 bridgehead atoms. The molecule has 214 valence electrons. The van der Waals surface area contributed by atoms with E-state index in [2.05, 4.69) is 5.32 Å². The summed E-state index contributed by atoms with van der Waals surface area (Å²) in [7, 11) is -2.87. The van der Waals surface area contributed by atoms with Crippen LogP contribution in [0.2, 0.25) is 10.0 Å². The van der Waals surface area contributed by atoms with Crippen LogP contribution in [0.15, 0.2) is 36.4 Å². The SMILES string of the molecule is CC[C@@H](C(=O)NCC(C)C)N(Cc1ccc(Cl)cc1Cl)C(=O)CN(c1cc([N+](=O)[O-])ccc1OC)S(C)(=O)=O. The summed E-state index contributed by atoms with van der Waals surface area (Å²) in [5.41, 5.74) is -0.0936. The van der Waals surface area contributed by atoms with E-state index < -0.39 is 45.0 Å². The van der Waals surface area contributed by atoms with Gasteiger partial charge >= 0.3 is 0 Å². The second-order valence-electron chi connectivity index (χ2n) is 9.20. The third-order valence-electron chi connectivity index (χ3n) is 5.75. The van der Waals surface area contributed by atoms with Gasteiger partial charge in [-0.1, -0.05) is 50.0 Å². The number of benzene rings is 2. The fourth-order valence-electron chi connectivity index (χ4n) is 3.76. The zero-order chi connectivity index (χ0) is 29.5. The molecule has 0 saturated carbocycles. The number of hydrogen-bond acceptors (Lipinski definition) is 7. The van der Waals surface area contributed by atoms with Gasteiger partial charge in [0.15, 0.2) is 0 Å². The molecule has 0 heterocycles. The molecule has 39 heavy (non-hydrogen) atoms. The smallest absolute Gasteiger partial charge is 0.271 e. The fourth-order valence-corrected chi connectivity index (χ4v) is 5.07. The number of rotatable bonds is 13. The molecule has 11 nitrogen and oxygen atoms in total. The van der Waals surface area contributed by atoms with Gasteiger partial charge in [-0.25, -0.2) is 8.42 Å². The van der Waals surface area contributed by atoms with Gasteiger partial charge in [0.2, 0.25) is 21.8 Å². The summed E-state index contributed by atoms with van der Waals surface area (Å²) in [6.07, 6.45) is 1.09. The van der Waals surface area contributed by atoms with Crippen LogP contribution in [-0.4, -0.2) is 62.6 Å². The summed E-state index contributed by atoms with van der Waals surface area (Å²) in [4.78, 5) is 38.9. The Kier molecular flexibility index (Phi) is 11.4. The van der Waals surface area contributed by atoms with E-state index in [-0.39, 0.29) is 35.3 Å². The number of methoxy groups -OCH3 is 1. The molecule has 0 aliphatic carbocycles. The van der Waals surface area contributed by atoms with Gasteiger partial charge in [-0.3, -0.25) is 24.0 Å². The number of nitrogens with one attached hydrogen (secondary N) is 1. The number of hydrogen-bond donors (Lipinski definition) is 1. The van der Waals surface area contributed by atoms with E-state index in [1.54, 1.807) is 19.1 Å². The number of non-ortho nitro benzene ring substituents is 1. The fraction of sp³-hybridized carbons (Fsp3) is 0.440. The Morgan fingerprint density at radius 3 is 2.33 bits per heavy atom. The van der Waals surface area contributed by atoms with E-state index in [0.717, 1.165) is 22.7 Å². The molecule has 2 aromatic rings. The molecule has 2 amide bonds. The Morgan fingerprint density at radius 1 is 1.15 bits per heavy atom. The number of carbonyl (C=O) groups excluding carboxylic acids is 2. The van der Waals surface area contributed by atoms with Crippen LogP contribution >= 0.6 is 23.2 Å². The molecule has 0 aliphatic heterocycles. The molecule has 0 unspecified atom stereocenters. The number of nitro groups is 1. The Balaban J connectivity index is 2.58. The minimum atomic E-state index is -4.14. The van der Waals surface area contributed by atoms with Gasteiger partial charge < -0.3 is 15.0 Å². The van der Waals surface area contributed by atoms with Crippen LogP contribution in [0, 0.1) is 16.0 Å². The highest BCUT2D eigenvalue weighted by molar-refractivity contribution is 7.92. The summed E-state index contributed by atoms with van der Waals surface area (Å²) < 4.78 is 31.7. The largest absolute Gasteiger partial charge is 0.495 e. The normalized spacial score (nSPS) is 12.1. The van der Waals surface area contributed by atoms with Crippen LogP contribution in [0.25, 0.3) is 0 Å². The first-order valence-electron chi connectivity index (χ1n) is 12.0. The minimum Gasteiger partial charge on any atom is -0.495 e. The van der Waals surface area contributed by atoms with Crippen molar-refractivity contribution in [3.63, 3.8) is 0 Å². The Hall–Kier alpha value is -3.09. The van der Waals surface area contributed by atoms with Crippen molar-refractivity contribution in [2.75, 3.05) is 30.8 Å². The summed E-state index contributed by atoms with van der Waals surface area (Å²) in [6.45, 7) is 5.07. The Bertz CT molecular complexity index is 1320. The highest BCUT2D eigenvalue weighted by Gasteiger charge is 2.33. The Labute approximate surface area is 238 Å². The van der Waals surface area contributed by atoms with Crippen molar-refractivity contribution < 1.29 is 27.7 Å². The number of anilines is 1. The zero-order valence-electron chi connectivity index (χ0n) is 22.3. The van der Waals surface area contributed by atoms with Gasteiger partial charge in [0.1, 0.15) is 24.0 Å². The molecule has 0 spiro atoms. The first kappa shape index (κ1) is 32.1. The molecule has 2 aromatic carbocycles. The predicted octanol–water partition coefficient (Wildman–Crippen LogP) is 4.26. The van der Waals surface area contributed by atoms with Crippen LogP contribution in [0.1, 0.15) is 32.8 Å². The molecule has 0 saturated heterocycles. The van der Waals surface area contributed by atoms with E-state index in [1.165, 1.54) is 24.1 Å². The summed E-state index contributed by atoms with van der Waals surface area (Å²) in [6, 6.07) is 7.15. The molecule has 0 aromatic heterocycles. The molecule has 2 rings (SSSR count). The van der Waals surface area contributed by atoms with Gasteiger partial charge in [-0.15, -0.1) is 0 Å². The lowest BCUT2D eigenvalue weighted by atomic mass is 10.1. The maximum Gasteiger partial charge on any atom is 0.271 e. The van der Waals surface area contributed by atoms with E-state index in [4.69, 9.17) is 27.9 Å². The van der Waals surface area contributed by atoms with Crippen molar-refractivity contribution in [2.24, 2.45) is 5.92 Å². The van der Waals surface area contributed by atoms with Crippen LogP contribution in [0.4, 0.5) is 11.4 Å². The quantitative estimate of drug-likeness (QED) is 0.267. The van der Waals surface area contributed by atoms with Crippen molar-refractivity contribution in [3.8, 4) is 5.75 Å². The lowest BCUT2D eigenvalue weighted by Crippen LogP contribution is -2.52. The lowest BCUT2D eigenvalue weighted by Gasteiger charge is -2.33. The van der Waals surface area contributed by atoms with Gasteiger partial charge in [-0.2, -0.15) is 0 Å². The van der Waals surface area contributed by atoms with Gasteiger partial charge in [0.25, 0.3) is 5.69 Å². The topological polar surface area (TPSA) is 139 Å². The molecule has 0 fully saturated rings. The number of nitrogens with zero attached hydrogens (tertiary/aromatic N) is 3. The highest BCUT2D eigenvalue weighted by atomic mass is 35.5. The zero-order valence-corrected chi connectivity index (χ0v) is 24.6. The van der Waals surface area contributed by atoms with Crippen molar-refractivity contribution in [2.45, 2.75) is 39.8 Å². The van der Waals surface area contributed by atoms with Gasteiger partial charge in [-0.05, 0) is 36.1 Å². The molecule has 0 radical (unpaired) electrons. The van der Waals surface area contributed by atoms with E-state index in [1.807, 2.05) is 13.8 Å². The maximum atomic E-state index is 13.8. The van der Waals surface area contributed by atoms with Crippen molar-refractivity contribution in [1.29, 1.82) is 0 Å². The van der Waals surface area contributed by atoms with E-state index in [0.29, 0.717) is 17.1 Å². The second kappa shape index (κ2) is 13.8. The van der Waals surface area contributed by atoms with Crippen LogP contribution in [0.3, 0.4) is 0 Å². The van der Waals surface area contributed by atoms with Crippen LogP contribution < -0.4 is 14.4 Å². The average Bonchev–Trinajstić information content (AvgIpc) is 2.85. The number of sulfonamides is 1.